The Morgan fingerprint density at radius 2 is 1.89 bits per heavy atom. The van der Waals surface area contributed by atoms with Crippen LogP contribution < -0.4 is 11.3 Å². The second-order valence-corrected chi connectivity index (χ2v) is 5.06. The summed E-state index contributed by atoms with van der Waals surface area (Å²) < 4.78 is 3.51. The van der Waals surface area contributed by atoms with Crippen molar-refractivity contribution in [2.24, 2.45) is 7.05 Å². The van der Waals surface area contributed by atoms with E-state index in [2.05, 4.69) is 6.92 Å². The van der Waals surface area contributed by atoms with E-state index in [1.807, 2.05) is 36.0 Å². The maximum absolute atomic E-state index is 12.1. The molecule has 2 N–H and O–H groups in total. The second kappa shape index (κ2) is 5.53. The van der Waals surface area contributed by atoms with Gasteiger partial charge in [-0.3, -0.25) is 9.48 Å². The molecule has 102 valence electrons. The first kappa shape index (κ1) is 13.7. The van der Waals surface area contributed by atoms with Crippen molar-refractivity contribution in [3.8, 4) is 0 Å². The molecule has 5 heteroatoms. The lowest BCUT2D eigenvalue weighted by Crippen LogP contribution is -2.23. The molecule has 2 aromatic rings. The van der Waals surface area contributed by atoms with Gasteiger partial charge in [-0.05, 0) is 24.1 Å². The van der Waals surface area contributed by atoms with Crippen molar-refractivity contribution in [2.75, 3.05) is 5.73 Å². The highest BCUT2D eigenvalue weighted by atomic mass is 35.5. The average Bonchev–Trinajstić information content (AvgIpc) is 2.59. The van der Waals surface area contributed by atoms with Crippen LogP contribution in [0.2, 0.25) is 5.02 Å². The molecule has 0 aliphatic carbocycles. The van der Waals surface area contributed by atoms with E-state index < -0.39 is 0 Å². The molecule has 0 unspecified atom stereocenters. The molecule has 0 fully saturated rings. The van der Waals surface area contributed by atoms with Crippen LogP contribution in [0.25, 0.3) is 0 Å². The highest BCUT2D eigenvalue weighted by molar-refractivity contribution is 6.30. The normalized spacial score (nSPS) is 10.9. The quantitative estimate of drug-likeness (QED) is 0.934. The van der Waals surface area contributed by atoms with Gasteiger partial charge in [0.2, 0.25) is 0 Å². The van der Waals surface area contributed by atoms with Gasteiger partial charge in [-0.25, -0.2) is 4.68 Å². The number of aromatic nitrogens is 2. The minimum atomic E-state index is -0.124. The van der Waals surface area contributed by atoms with Crippen LogP contribution >= 0.6 is 11.6 Å². The Morgan fingerprint density at radius 3 is 2.47 bits per heavy atom. The number of halogens is 1. The number of anilines is 1. The number of benzene rings is 1. The Balaban J connectivity index is 2.38. The summed E-state index contributed by atoms with van der Waals surface area (Å²) in [5.74, 6) is 0. The molecule has 1 aromatic carbocycles. The van der Waals surface area contributed by atoms with Crippen LogP contribution in [0.3, 0.4) is 0 Å². The molecular weight excluding hydrogens is 262 g/mol. The van der Waals surface area contributed by atoms with E-state index >= 15 is 0 Å². The van der Waals surface area contributed by atoms with Gasteiger partial charge in [0, 0.05) is 12.1 Å². The number of nitrogen functional groups attached to an aromatic ring is 1. The van der Waals surface area contributed by atoms with Crippen molar-refractivity contribution < 1.29 is 0 Å². The fraction of sp³-hybridized carbons (Fsp3) is 0.357. The number of hydrogen-bond acceptors (Lipinski definition) is 2. The Labute approximate surface area is 117 Å². The average molecular weight is 280 g/mol. The Hall–Kier alpha value is -1.68. The third kappa shape index (κ3) is 2.68. The lowest BCUT2D eigenvalue weighted by atomic mass is 10.2. The maximum atomic E-state index is 12.1. The van der Waals surface area contributed by atoms with E-state index in [-0.39, 0.29) is 5.56 Å². The molecule has 1 heterocycles. The van der Waals surface area contributed by atoms with Crippen LogP contribution in [0.5, 0.6) is 0 Å². The third-order valence-electron chi connectivity index (χ3n) is 3.26. The molecule has 0 amide bonds. The van der Waals surface area contributed by atoms with Crippen LogP contribution in [-0.4, -0.2) is 9.36 Å². The summed E-state index contributed by atoms with van der Waals surface area (Å²) in [6.07, 6.45) is 1.77. The van der Waals surface area contributed by atoms with Crippen LogP contribution in [0, 0.1) is 0 Å². The minimum Gasteiger partial charge on any atom is -0.393 e. The molecule has 4 nitrogen and oxygen atoms in total. The van der Waals surface area contributed by atoms with Crippen LogP contribution in [0.4, 0.5) is 5.69 Å². The molecule has 0 saturated heterocycles. The topological polar surface area (TPSA) is 53.0 Å². The summed E-state index contributed by atoms with van der Waals surface area (Å²) >= 11 is 5.85. The van der Waals surface area contributed by atoms with Gasteiger partial charge in [0.1, 0.15) is 5.69 Å². The number of nitrogens with zero attached hydrogens (tertiary/aromatic N) is 2. The molecular formula is C14H18ClN3O. The number of hydrogen-bond donors (Lipinski definition) is 1. The fourth-order valence-corrected chi connectivity index (χ4v) is 2.32. The van der Waals surface area contributed by atoms with Gasteiger partial charge >= 0.3 is 0 Å². The van der Waals surface area contributed by atoms with E-state index in [9.17, 15) is 4.79 Å². The Morgan fingerprint density at radius 1 is 1.26 bits per heavy atom. The molecule has 0 radical (unpaired) electrons. The zero-order chi connectivity index (χ0) is 14.0. The minimum absolute atomic E-state index is 0.124. The van der Waals surface area contributed by atoms with Gasteiger partial charge in [0.15, 0.2) is 0 Å². The van der Waals surface area contributed by atoms with E-state index in [1.165, 1.54) is 0 Å². The summed E-state index contributed by atoms with van der Waals surface area (Å²) in [4.78, 5) is 12.1. The lowest BCUT2D eigenvalue weighted by Gasteiger charge is -2.09. The SMILES string of the molecule is CCCc1c(N)c(=O)n(Cc2ccc(Cl)cc2)n1C. The van der Waals surface area contributed by atoms with Crippen molar-refractivity contribution in [1.82, 2.24) is 9.36 Å². The molecule has 0 saturated carbocycles. The summed E-state index contributed by atoms with van der Waals surface area (Å²) in [6, 6.07) is 7.47. The predicted octanol–water partition coefficient (Wildman–Crippen LogP) is 2.42. The molecule has 19 heavy (non-hydrogen) atoms. The molecule has 0 aliphatic rings. The standard InChI is InChI=1S/C14H18ClN3O/c1-3-4-12-13(16)14(19)18(17(12)2)9-10-5-7-11(15)8-6-10/h5-8H,3-4,9,16H2,1-2H3. The van der Waals surface area contributed by atoms with Gasteiger partial charge in [0.25, 0.3) is 5.56 Å². The second-order valence-electron chi connectivity index (χ2n) is 4.62. The summed E-state index contributed by atoms with van der Waals surface area (Å²) in [5.41, 5.74) is 8.06. The van der Waals surface area contributed by atoms with Crippen molar-refractivity contribution in [2.45, 2.75) is 26.3 Å². The molecule has 0 bridgehead atoms. The van der Waals surface area contributed by atoms with Crippen LogP contribution in [0.15, 0.2) is 29.1 Å². The Kier molecular flexibility index (Phi) is 4.00. The summed E-state index contributed by atoms with van der Waals surface area (Å²) in [7, 11) is 1.87. The predicted molar refractivity (Wildman–Crippen MR) is 78.6 cm³/mol. The Bertz CT molecular complexity index is 625. The number of rotatable bonds is 4. The zero-order valence-corrected chi connectivity index (χ0v) is 11.9. The van der Waals surface area contributed by atoms with Gasteiger partial charge in [-0.15, -0.1) is 0 Å². The number of nitrogens with two attached hydrogens (primary N) is 1. The third-order valence-corrected chi connectivity index (χ3v) is 3.51. The van der Waals surface area contributed by atoms with E-state index in [1.54, 1.807) is 4.68 Å². The molecule has 1 aromatic heterocycles. The zero-order valence-electron chi connectivity index (χ0n) is 11.2. The molecule has 0 atom stereocenters. The van der Waals surface area contributed by atoms with Crippen LogP contribution in [0.1, 0.15) is 24.6 Å². The highest BCUT2D eigenvalue weighted by Crippen LogP contribution is 2.13. The van der Waals surface area contributed by atoms with E-state index in [0.29, 0.717) is 17.3 Å². The van der Waals surface area contributed by atoms with Gasteiger partial charge in [0.05, 0.1) is 12.2 Å². The smallest absolute Gasteiger partial charge is 0.290 e. The van der Waals surface area contributed by atoms with Gasteiger partial charge in [-0.2, -0.15) is 0 Å². The summed E-state index contributed by atoms with van der Waals surface area (Å²) in [5, 5.41) is 0.689. The molecule has 0 spiro atoms. The lowest BCUT2D eigenvalue weighted by molar-refractivity contribution is 0.516. The summed E-state index contributed by atoms with van der Waals surface area (Å²) in [6.45, 7) is 2.57. The van der Waals surface area contributed by atoms with Gasteiger partial charge < -0.3 is 5.73 Å². The maximum Gasteiger partial charge on any atom is 0.290 e. The fourth-order valence-electron chi connectivity index (χ4n) is 2.19. The monoisotopic (exact) mass is 279 g/mol. The first-order chi connectivity index (χ1) is 9.04. The van der Waals surface area contributed by atoms with Crippen LogP contribution in [-0.2, 0) is 20.0 Å². The first-order valence-corrected chi connectivity index (χ1v) is 6.71. The largest absolute Gasteiger partial charge is 0.393 e. The van der Waals surface area contributed by atoms with E-state index in [0.717, 1.165) is 24.1 Å². The molecule has 2 rings (SSSR count). The highest BCUT2D eigenvalue weighted by Gasteiger charge is 2.14. The van der Waals surface area contributed by atoms with Crippen molar-refractivity contribution in [3.05, 3.63) is 50.9 Å². The van der Waals surface area contributed by atoms with Gasteiger partial charge in [-0.1, -0.05) is 37.1 Å². The van der Waals surface area contributed by atoms with Crippen molar-refractivity contribution in [3.63, 3.8) is 0 Å². The van der Waals surface area contributed by atoms with E-state index in [4.69, 9.17) is 17.3 Å². The first-order valence-electron chi connectivity index (χ1n) is 6.33. The molecule has 0 aliphatic heterocycles. The van der Waals surface area contributed by atoms with Crippen molar-refractivity contribution >= 4 is 17.3 Å². The van der Waals surface area contributed by atoms with Crippen molar-refractivity contribution in [1.29, 1.82) is 0 Å².